The van der Waals surface area contributed by atoms with E-state index in [9.17, 15) is 4.79 Å². The van der Waals surface area contributed by atoms with Gasteiger partial charge in [-0.1, -0.05) is 36.4 Å². The van der Waals surface area contributed by atoms with Crippen molar-refractivity contribution in [1.82, 2.24) is 5.32 Å². The third kappa shape index (κ3) is 14.1. The Hall–Kier alpha value is 0.120. The first-order valence-electron chi connectivity index (χ1n) is 6.15. The van der Waals surface area contributed by atoms with Crippen LogP contribution in [0.25, 0.3) is 0 Å². The van der Waals surface area contributed by atoms with Crippen LogP contribution in [0.15, 0.2) is 0 Å². The molecule has 0 aliphatic rings. The first-order valence-corrected chi connectivity index (χ1v) is 7.67. The molecule has 0 aliphatic carbocycles. The molecular weight excluding hydrogens is 333 g/mol. The molecule has 0 heterocycles. The zero-order valence-electron chi connectivity index (χ0n) is 10.8. The normalized spacial score (nSPS) is 10.8. The zero-order chi connectivity index (χ0) is 12.9. The summed E-state index contributed by atoms with van der Waals surface area (Å²) in [7, 11) is 0. The molecule has 0 spiro atoms. The molecular formula is C12H24INO3. The molecule has 0 saturated carbocycles. The van der Waals surface area contributed by atoms with Gasteiger partial charge in [-0.15, -0.1) is 0 Å². The maximum atomic E-state index is 10.9. The van der Waals surface area contributed by atoms with Crippen molar-refractivity contribution in [2.45, 2.75) is 26.7 Å². The number of amides is 1. The van der Waals surface area contributed by atoms with Gasteiger partial charge in [-0.3, -0.25) is 4.79 Å². The minimum atomic E-state index is 0.0548. The number of halogens is 1. The maximum Gasteiger partial charge on any atom is 0.229 e. The second-order valence-corrected chi connectivity index (χ2v) is 5.01. The topological polar surface area (TPSA) is 47.6 Å². The van der Waals surface area contributed by atoms with E-state index in [2.05, 4.69) is 19.2 Å². The Morgan fingerprint density at radius 1 is 1.18 bits per heavy atom. The molecule has 0 bridgehead atoms. The lowest BCUT2D eigenvalue weighted by Gasteiger charge is -2.07. The lowest BCUT2D eigenvalue weighted by atomic mass is 10.1. The van der Waals surface area contributed by atoms with E-state index in [1.165, 1.54) is 6.42 Å². The van der Waals surface area contributed by atoms with Crippen molar-refractivity contribution in [2.24, 2.45) is 5.92 Å². The van der Waals surface area contributed by atoms with Gasteiger partial charge in [-0.2, -0.15) is 0 Å². The van der Waals surface area contributed by atoms with Crippen molar-refractivity contribution in [3.8, 4) is 0 Å². The number of ether oxygens (including phenoxy) is 2. The van der Waals surface area contributed by atoms with Gasteiger partial charge in [0.25, 0.3) is 0 Å². The van der Waals surface area contributed by atoms with Crippen LogP contribution in [-0.4, -0.2) is 43.3 Å². The standard InChI is InChI=1S/C12H24INO3/c1-11(2)4-3-6-16-8-9-17-7-5-14-12(15)10-13/h11H,3-10H2,1-2H3,(H,14,15). The first-order chi connectivity index (χ1) is 8.16. The third-order valence-corrected chi connectivity index (χ3v) is 2.82. The fourth-order valence-corrected chi connectivity index (χ4v) is 1.50. The molecule has 0 aliphatic heterocycles. The molecule has 0 rings (SSSR count). The van der Waals surface area contributed by atoms with E-state index in [-0.39, 0.29) is 5.91 Å². The van der Waals surface area contributed by atoms with Crippen molar-refractivity contribution in [3.05, 3.63) is 0 Å². The first kappa shape index (κ1) is 17.1. The Bertz CT molecular complexity index is 189. The van der Waals surface area contributed by atoms with Crippen LogP contribution in [0.5, 0.6) is 0 Å². The molecule has 0 radical (unpaired) electrons. The van der Waals surface area contributed by atoms with E-state index in [1.807, 2.05) is 22.6 Å². The van der Waals surface area contributed by atoms with E-state index in [0.29, 0.717) is 30.8 Å². The molecule has 1 amide bonds. The van der Waals surface area contributed by atoms with Gasteiger partial charge in [0.1, 0.15) is 0 Å². The monoisotopic (exact) mass is 357 g/mol. The van der Waals surface area contributed by atoms with Gasteiger partial charge in [0.15, 0.2) is 0 Å². The highest BCUT2D eigenvalue weighted by Gasteiger charge is 1.96. The highest BCUT2D eigenvalue weighted by atomic mass is 127. The summed E-state index contributed by atoms with van der Waals surface area (Å²) in [6, 6.07) is 0. The Kier molecular flexibility index (Phi) is 12.7. The van der Waals surface area contributed by atoms with E-state index >= 15 is 0 Å². The predicted molar refractivity (Wildman–Crippen MR) is 77.6 cm³/mol. The number of alkyl halides is 1. The molecule has 0 atom stereocenters. The quantitative estimate of drug-likeness (QED) is 0.350. The van der Waals surface area contributed by atoms with Crippen LogP contribution < -0.4 is 5.32 Å². The summed E-state index contributed by atoms with van der Waals surface area (Å²) < 4.78 is 11.2. The molecule has 102 valence electrons. The Balaban J connectivity index is 3.01. The average molecular weight is 357 g/mol. The minimum absolute atomic E-state index is 0.0548. The van der Waals surface area contributed by atoms with Crippen LogP contribution in [0.1, 0.15) is 26.7 Å². The van der Waals surface area contributed by atoms with Crippen molar-refractivity contribution in [1.29, 1.82) is 0 Å². The number of carbonyl (C=O) groups excluding carboxylic acids is 1. The summed E-state index contributed by atoms with van der Waals surface area (Å²) >= 11 is 2.03. The summed E-state index contributed by atoms with van der Waals surface area (Å²) in [4.78, 5) is 10.9. The fraction of sp³-hybridized carbons (Fsp3) is 0.917. The Morgan fingerprint density at radius 3 is 2.41 bits per heavy atom. The predicted octanol–water partition coefficient (Wildman–Crippen LogP) is 2.01. The number of hydrogen-bond donors (Lipinski definition) is 1. The van der Waals surface area contributed by atoms with Crippen molar-refractivity contribution < 1.29 is 14.3 Å². The Labute approximate surface area is 118 Å². The molecule has 0 aromatic rings. The zero-order valence-corrected chi connectivity index (χ0v) is 13.0. The van der Waals surface area contributed by atoms with Gasteiger partial charge in [0.05, 0.1) is 24.2 Å². The molecule has 1 N–H and O–H groups in total. The van der Waals surface area contributed by atoms with E-state index in [0.717, 1.165) is 18.9 Å². The molecule has 0 aromatic carbocycles. The maximum absolute atomic E-state index is 10.9. The van der Waals surface area contributed by atoms with Crippen LogP contribution in [-0.2, 0) is 14.3 Å². The van der Waals surface area contributed by atoms with Crippen LogP contribution in [0.3, 0.4) is 0 Å². The van der Waals surface area contributed by atoms with Gasteiger partial charge < -0.3 is 14.8 Å². The number of carbonyl (C=O) groups is 1. The fourth-order valence-electron chi connectivity index (χ4n) is 1.23. The van der Waals surface area contributed by atoms with E-state index < -0.39 is 0 Å². The lowest BCUT2D eigenvalue weighted by Crippen LogP contribution is -2.28. The summed E-state index contributed by atoms with van der Waals surface area (Å²) in [5.74, 6) is 0.801. The number of rotatable bonds is 11. The van der Waals surface area contributed by atoms with Gasteiger partial charge in [-0.05, 0) is 18.8 Å². The van der Waals surface area contributed by atoms with Crippen molar-refractivity contribution in [3.63, 3.8) is 0 Å². The second kappa shape index (κ2) is 12.6. The van der Waals surface area contributed by atoms with Gasteiger partial charge >= 0.3 is 0 Å². The largest absolute Gasteiger partial charge is 0.379 e. The van der Waals surface area contributed by atoms with Crippen molar-refractivity contribution in [2.75, 3.05) is 37.4 Å². The minimum Gasteiger partial charge on any atom is -0.379 e. The van der Waals surface area contributed by atoms with Gasteiger partial charge in [0, 0.05) is 13.2 Å². The number of nitrogens with one attached hydrogen (secondary N) is 1. The molecule has 4 nitrogen and oxygen atoms in total. The molecule has 0 aromatic heterocycles. The molecule has 5 heteroatoms. The molecule has 0 saturated heterocycles. The third-order valence-electron chi connectivity index (χ3n) is 2.13. The smallest absolute Gasteiger partial charge is 0.229 e. The molecule has 0 fully saturated rings. The van der Waals surface area contributed by atoms with Gasteiger partial charge in [-0.25, -0.2) is 0 Å². The Morgan fingerprint density at radius 2 is 1.82 bits per heavy atom. The van der Waals surface area contributed by atoms with Crippen molar-refractivity contribution >= 4 is 28.5 Å². The highest BCUT2D eigenvalue weighted by Crippen LogP contribution is 2.02. The van der Waals surface area contributed by atoms with E-state index in [4.69, 9.17) is 9.47 Å². The van der Waals surface area contributed by atoms with E-state index in [1.54, 1.807) is 0 Å². The van der Waals surface area contributed by atoms with Crippen LogP contribution in [0, 0.1) is 5.92 Å². The molecule has 0 unspecified atom stereocenters. The van der Waals surface area contributed by atoms with Crippen LogP contribution in [0.4, 0.5) is 0 Å². The van der Waals surface area contributed by atoms with Crippen LogP contribution >= 0.6 is 22.6 Å². The summed E-state index contributed by atoms with van der Waals surface area (Å²) in [5, 5.41) is 2.74. The van der Waals surface area contributed by atoms with Gasteiger partial charge in [0.2, 0.25) is 5.91 Å². The second-order valence-electron chi connectivity index (χ2n) is 4.24. The average Bonchev–Trinajstić information content (AvgIpc) is 2.30. The van der Waals surface area contributed by atoms with Crippen LogP contribution in [0.2, 0.25) is 0 Å². The molecule has 17 heavy (non-hydrogen) atoms. The summed E-state index contributed by atoms with van der Waals surface area (Å²) in [6.07, 6.45) is 2.33. The highest BCUT2D eigenvalue weighted by molar-refractivity contribution is 14.1. The summed E-state index contributed by atoms with van der Waals surface area (Å²) in [5.41, 5.74) is 0. The SMILES string of the molecule is CC(C)CCCOCCOCCNC(=O)CI. The summed E-state index contributed by atoms with van der Waals surface area (Å²) in [6.45, 7) is 7.61. The number of hydrogen-bond acceptors (Lipinski definition) is 3. The lowest BCUT2D eigenvalue weighted by molar-refractivity contribution is -0.118.